The summed E-state index contributed by atoms with van der Waals surface area (Å²) in [5.41, 5.74) is 1.47. The summed E-state index contributed by atoms with van der Waals surface area (Å²) < 4.78 is 5.14. The minimum atomic E-state index is -0.771. The first-order valence-electron chi connectivity index (χ1n) is 10.0. The minimum Gasteiger partial charge on any atom is -0.497 e. The third-order valence-corrected chi connectivity index (χ3v) is 5.80. The lowest BCUT2D eigenvalue weighted by Crippen LogP contribution is -2.47. The Bertz CT molecular complexity index is 971. The van der Waals surface area contributed by atoms with Gasteiger partial charge in [0.05, 0.1) is 19.2 Å². The Morgan fingerprint density at radius 1 is 1.17 bits per heavy atom. The molecule has 0 bridgehead atoms. The molecule has 1 aliphatic carbocycles. The molecular formula is C23H23ClN2O4. The molecule has 1 unspecified atom stereocenters. The van der Waals surface area contributed by atoms with Crippen LogP contribution in [0.15, 0.2) is 48.5 Å². The van der Waals surface area contributed by atoms with Gasteiger partial charge < -0.3 is 9.64 Å². The maximum absolute atomic E-state index is 13.2. The molecule has 0 aromatic heterocycles. The number of methoxy groups -OCH3 is 1. The molecule has 1 aliphatic heterocycles. The molecule has 6 nitrogen and oxygen atoms in total. The van der Waals surface area contributed by atoms with E-state index in [0.717, 1.165) is 18.4 Å². The molecule has 0 N–H and O–H groups in total. The van der Waals surface area contributed by atoms with Crippen molar-refractivity contribution >= 4 is 35.0 Å². The first-order valence-corrected chi connectivity index (χ1v) is 10.4. The molecule has 2 aromatic carbocycles. The van der Waals surface area contributed by atoms with E-state index in [0.29, 0.717) is 29.4 Å². The van der Waals surface area contributed by atoms with Gasteiger partial charge in [0.1, 0.15) is 11.8 Å². The number of rotatable bonds is 7. The summed E-state index contributed by atoms with van der Waals surface area (Å²) >= 11 is 6.07. The number of benzene rings is 2. The van der Waals surface area contributed by atoms with E-state index >= 15 is 0 Å². The van der Waals surface area contributed by atoms with Gasteiger partial charge in [-0.1, -0.05) is 23.7 Å². The second-order valence-electron chi connectivity index (χ2n) is 7.67. The SMILES string of the molecule is COc1ccc(N2C(=O)CC(N(CCc3cccc(Cl)c3)C(=O)C3CC3)C2=O)cc1. The Hall–Kier alpha value is -2.86. The molecule has 3 amide bonds. The van der Waals surface area contributed by atoms with Gasteiger partial charge in [-0.05, 0) is 61.2 Å². The maximum Gasteiger partial charge on any atom is 0.257 e. The highest BCUT2D eigenvalue weighted by atomic mass is 35.5. The first kappa shape index (κ1) is 20.4. The number of imide groups is 1. The van der Waals surface area contributed by atoms with E-state index in [1.807, 2.05) is 18.2 Å². The molecule has 2 aromatic rings. The summed E-state index contributed by atoms with van der Waals surface area (Å²) in [6.45, 7) is 0.371. The predicted octanol–water partition coefficient (Wildman–Crippen LogP) is 3.46. The summed E-state index contributed by atoms with van der Waals surface area (Å²) in [6.07, 6.45) is 2.24. The summed E-state index contributed by atoms with van der Waals surface area (Å²) in [6, 6.07) is 13.4. The zero-order chi connectivity index (χ0) is 21.3. The van der Waals surface area contributed by atoms with Crippen LogP contribution in [0.3, 0.4) is 0 Å². The van der Waals surface area contributed by atoms with Crippen LogP contribution in [-0.2, 0) is 20.8 Å². The Kier molecular flexibility index (Phi) is 5.77. The lowest BCUT2D eigenvalue weighted by Gasteiger charge is -2.28. The molecule has 156 valence electrons. The summed E-state index contributed by atoms with van der Waals surface area (Å²) in [5.74, 6) is -0.0970. The highest BCUT2D eigenvalue weighted by molar-refractivity contribution is 6.30. The average molecular weight is 427 g/mol. The van der Waals surface area contributed by atoms with Crippen molar-refractivity contribution in [3.8, 4) is 5.75 Å². The summed E-state index contributed by atoms with van der Waals surface area (Å²) in [7, 11) is 1.55. The predicted molar refractivity (Wildman–Crippen MR) is 113 cm³/mol. The van der Waals surface area contributed by atoms with Crippen molar-refractivity contribution in [2.45, 2.75) is 31.7 Å². The van der Waals surface area contributed by atoms with Crippen LogP contribution in [0, 0.1) is 5.92 Å². The number of halogens is 1. The maximum atomic E-state index is 13.2. The van der Waals surface area contributed by atoms with Crippen LogP contribution in [0.5, 0.6) is 5.75 Å². The molecule has 1 atom stereocenters. The topological polar surface area (TPSA) is 66.9 Å². The highest BCUT2D eigenvalue weighted by Crippen LogP contribution is 2.34. The second kappa shape index (κ2) is 8.48. The smallest absolute Gasteiger partial charge is 0.257 e. The van der Waals surface area contributed by atoms with E-state index < -0.39 is 6.04 Å². The van der Waals surface area contributed by atoms with Gasteiger partial charge >= 0.3 is 0 Å². The lowest BCUT2D eigenvalue weighted by atomic mass is 10.1. The average Bonchev–Trinajstić information content (AvgIpc) is 3.54. The summed E-state index contributed by atoms with van der Waals surface area (Å²) in [5, 5.41) is 0.630. The second-order valence-corrected chi connectivity index (χ2v) is 8.11. The van der Waals surface area contributed by atoms with Crippen LogP contribution in [0.25, 0.3) is 0 Å². The van der Waals surface area contributed by atoms with Crippen LogP contribution in [0.4, 0.5) is 5.69 Å². The highest BCUT2D eigenvalue weighted by Gasteiger charge is 2.46. The van der Waals surface area contributed by atoms with Crippen molar-refractivity contribution in [3.63, 3.8) is 0 Å². The fourth-order valence-corrected chi connectivity index (χ4v) is 4.00. The van der Waals surface area contributed by atoms with Gasteiger partial charge in [0.2, 0.25) is 11.8 Å². The zero-order valence-electron chi connectivity index (χ0n) is 16.7. The van der Waals surface area contributed by atoms with Gasteiger partial charge in [0.15, 0.2) is 0 Å². The molecular weight excluding hydrogens is 404 g/mol. The van der Waals surface area contributed by atoms with Crippen molar-refractivity contribution in [1.29, 1.82) is 0 Å². The largest absolute Gasteiger partial charge is 0.497 e. The molecule has 2 aliphatic rings. The van der Waals surface area contributed by atoms with Crippen molar-refractivity contribution in [2.75, 3.05) is 18.6 Å². The number of nitrogens with zero attached hydrogens (tertiary/aromatic N) is 2. The standard InChI is InChI=1S/C23H23ClN2O4/c1-30-19-9-7-18(8-10-19)26-21(27)14-20(23(26)29)25(22(28)16-5-6-16)12-11-15-3-2-4-17(24)13-15/h2-4,7-10,13,16,20H,5-6,11-12,14H2,1H3. The number of carbonyl (C=O) groups excluding carboxylic acids is 3. The first-order chi connectivity index (χ1) is 14.5. The van der Waals surface area contributed by atoms with Gasteiger partial charge in [-0.25, -0.2) is 4.90 Å². The van der Waals surface area contributed by atoms with Crippen molar-refractivity contribution in [1.82, 2.24) is 4.90 Å². The van der Waals surface area contributed by atoms with Gasteiger partial charge in [0.25, 0.3) is 5.91 Å². The van der Waals surface area contributed by atoms with Crippen molar-refractivity contribution in [2.24, 2.45) is 5.92 Å². The molecule has 0 spiro atoms. The number of amides is 3. The number of ether oxygens (including phenoxy) is 1. The molecule has 7 heteroatoms. The molecule has 30 heavy (non-hydrogen) atoms. The fraction of sp³-hybridized carbons (Fsp3) is 0.348. The van der Waals surface area contributed by atoms with E-state index in [9.17, 15) is 14.4 Å². The monoisotopic (exact) mass is 426 g/mol. The quantitative estimate of drug-likeness (QED) is 0.636. The zero-order valence-corrected chi connectivity index (χ0v) is 17.5. The fourth-order valence-electron chi connectivity index (χ4n) is 3.79. The number of hydrogen-bond donors (Lipinski definition) is 0. The Balaban J connectivity index is 1.54. The lowest BCUT2D eigenvalue weighted by molar-refractivity contribution is -0.139. The van der Waals surface area contributed by atoms with Crippen molar-refractivity contribution < 1.29 is 19.1 Å². The molecule has 1 saturated heterocycles. The minimum absolute atomic E-state index is 0.00112. The third kappa shape index (κ3) is 4.19. The van der Waals surface area contributed by atoms with E-state index in [1.165, 1.54) is 4.90 Å². The number of hydrogen-bond acceptors (Lipinski definition) is 4. The Morgan fingerprint density at radius 2 is 1.90 bits per heavy atom. The molecule has 1 heterocycles. The molecule has 0 radical (unpaired) electrons. The van der Waals surface area contributed by atoms with Gasteiger partial charge in [-0.2, -0.15) is 0 Å². The van der Waals surface area contributed by atoms with Crippen LogP contribution < -0.4 is 9.64 Å². The Labute approximate surface area is 180 Å². The molecule has 2 fully saturated rings. The van der Waals surface area contributed by atoms with Crippen molar-refractivity contribution in [3.05, 3.63) is 59.1 Å². The Morgan fingerprint density at radius 3 is 2.53 bits per heavy atom. The van der Waals surface area contributed by atoms with Gasteiger partial charge in [-0.15, -0.1) is 0 Å². The summed E-state index contributed by atoms with van der Waals surface area (Å²) in [4.78, 5) is 41.6. The number of carbonyl (C=O) groups is 3. The van der Waals surface area contributed by atoms with Crippen LogP contribution in [0.2, 0.25) is 5.02 Å². The number of anilines is 1. The molecule has 1 saturated carbocycles. The normalized spacial score (nSPS) is 18.6. The van der Waals surface area contributed by atoms with E-state index in [4.69, 9.17) is 16.3 Å². The van der Waals surface area contributed by atoms with Gasteiger partial charge in [-0.3, -0.25) is 14.4 Å². The van der Waals surface area contributed by atoms with Crippen LogP contribution in [0.1, 0.15) is 24.8 Å². The third-order valence-electron chi connectivity index (χ3n) is 5.57. The van der Waals surface area contributed by atoms with E-state index in [-0.39, 0.29) is 30.1 Å². The van der Waals surface area contributed by atoms with Crippen LogP contribution in [-0.4, -0.2) is 42.3 Å². The van der Waals surface area contributed by atoms with Crippen LogP contribution >= 0.6 is 11.6 Å². The van der Waals surface area contributed by atoms with Gasteiger partial charge in [0, 0.05) is 17.5 Å². The van der Waals surface area contributed by atoms with E-state index in [1.54, 1.807) is 42.3 Å². The van der Waals surface area contributed by atoms with E-state index in [2.05, 4.69) is 0 Å². The molecule has 4 rings (SSSR count).